The van der Waals surface area contributed by atoms with E-state index in [-0.39, 0.29) is 5.43 Å². The van der Waals surface area contributed by atoms with E-state index < -0.39 is 0 Å². The zero-order chi connectivity index (χ0) is 9.26. The minimum Gasteiger partial charge on any atom is -0.464 e. The van der Waals surface area contributed by atoms with Crippen LogP contribution in [0.3, 0.4) is 0 Å². The third-order valence-electron chi connectivity index (χ3n) is 2.11. The van der Waals surface area contributed by atoms with Crippen LogP contribution in [0.4, 0.5) is 0 Å². The highest BCUT2D eigenvalue weighted by molar-refractivity contribution is 5.59. The molecule has 0 N–H and O–H groups in total. The normalized spacial score (nSPS) is 10.5. The molecule has 2 rings (SSSR count). The van der Waals surface area contributed by atoms with Crippen LogP contribution in [-0.2, 0) is 6.42 Å². The van der Waals surface area contributed by atoms with Gasteiger partial charge in [0.1, 0.15) is 5.76 Å². The van der Waals surface area contributed by atoms with E-state index in [4.69, 9.17) is 4.42 Å². The molecule has 1 aliphatic carbocycles. The topological polar surface area (TPSA) is 30.2 Å². The third-order valence-corrected chi connectivity index (χ3v) is 2.11. The Kier molecular flexibility index (Phi) is 1.89. The fraction of sp³-hybridized carbons (Fsp3) is 0.182. The summed E-state index contributed by atoms with van der Waals surface area (Å²) in [6, 6.07) is 7.09. The predicted octanol–water partition coefficient (Wildman–Crippen LogP) is 2.31. The molecule has 0 aromatic heterocycles. The molecular formula is C11H10O2. The Bertz CT molecular complexity index is 442. The lowest BCUT2D eigenvalue weighted by molar-refractivity contribution is 0.564. The summed E-state index contributed by atoms with van der Waals surface area (Å²) in [4.78, 5) is 11.5. The second-order valence-corrected chi connectivity index (χ2v) is 2.97. The summed E-state index contributed by atoms with van der Waals surface area (Å²) in [5.74, 6) is 0.673. The van der Waals surface area contributed by atoms with Crippen molar-refractivity contribution in [1.82, 2.24) is 0 Å². The Morgan fingerprint density at radius 2 is 2.23 bits per heavy atom. The smallest absolute Gasteiger partial charge is 0.189 e. The first-order valence-electron chi connectivity index (χ1n) is 4.31. The number of rotatable bonds is 1. The lowest BCUT2D eigenvalue weighted by Crippen LogP contribution is -2.05. The van der Waals surface area contributed by atoms with Crippen LogP contribution in [0.15, 0.2) is 39.7 Å². The van der Waals surface area contributed by atoms with Crippen LogP contribution >= 0.6 is 0 Å². The Labute approximate surface area is 76.2 Å². The molecular weight excluding hydrogens is 164 g/mol. The quantitative estimate of drug-likeness (QED) is 0.664. The van der Waals surface area contributed by atoms with E-state index in [1.807, 2.05) is 13.0 Å². The maximum atomic E-state index is 11.5. The van der Waals surface area contributed by atoms with Gasteiger partial charge in [-0.15, -0.1) is 0 Å². The van der Waals surface area contributed by atoms with Crippen molar-refractivity contribution in [3.8, 4) is 11.3 Å². The second kappa shape index (κ2) is 3.05. The zero-order valence-electron chi connectivity index (χ0n) is 7.41. The van der Waals surface area contributed by atoms with Gasteiger partial charge in [0.25, 0.3) is 0 Å². The van der Waals surface area contributed by atoms with Gasteiger partial charge in [-0.25, -0.2) is 0 Å². The van der Waals surface area contributed by atoms with Crippen LogP contribution in [0.5, 0.6) is 0 Å². The highest BCUT2D eigenvalue weighted by atomic mass is 16.3. The average molecular weight is 174 g/mol. The molecule has 0 fully saturated rings. The number of fused-ring (bicyclic) bond motifs is 1. The van der Waals surface area contributed by atoms with E-state index in [0.717, 1.165) is 12.0 Å². The molecule has 2 heteroatoms. The number of hydrogen-bond acceptors (Lipinski definition) is 2. The molecule has 66 valence electrons. The van der Waals surface area contributed by atoms with Gasteiger partial charge in [-0.3, -0.25) is 4.79 Å². The molecule has 0 amide bonds. The van der Waals surface area contributed by atoms with Gasteiger partial charge in [-0.2, -0.15) is 0 Å². The van der Waals surface area contributed by atoms with Crippen LogP contribution in [-0.4, -0.2) is 0 Å². The molecule has 0 bridgehead atoms. The van der Waals surface area contributed by atoms with Crippen molar-refractivity contribution in [2.45, 2.75) is 13.3 Å². The SMILES string of the molecule is CCc1cc2occcc-2c(=O)c1. The molecule has 2 aliphatic rings. The van der Waals surface area contributed by atoms with Crippen LogP contribution < -0.4 is 5.43 Å². The third kappa shape index (κ3) is 1.35. The van der Waals surface area contributed by atoms with Gasteiger partial charge in [0, 0.05) is 0 Å². The van der Waals surface area contributed by atoms with Crippen LogP contribution in [0.1, 0.15) is 12.5 Å². The van der Waals surface area contributed by atoms with Gasteiger partial charge >= 0.3 is 0 Å². The monoisotopic (exact) mass is 174 g/mol. The summed E-state index contributed by atoms with van der Waals surface area (Å²) in [6.45, 7) is 2.02. The largest absolute Gasteiger partial charge is 0.464 e. The molecule has 0 aromatic carbocycles. The average Bonchev–Trinajstić information content (AvgIpc) is 2.18. The molecule has 13 heavy (non-hydrogen) atoms. The molecule has 0 radical (unpaired) electrons. The minimum absolute atomic E-state index is 0.0405. The lowest BCUT2D eigenvalue weighted by atomic mass is 10.1. The van der Waals surface area contributed by atoms with Crippen molar-refractivity contribution >= 4 is 0 Å². The van der Waals surface area contributed by atoms with Crippen molar-refractivity contribution < 1.29 is 4.42 Å². The Hall–Kier alpha value is -1.57. The van der Waals surface area contributed by atoms with Gasteiger partial charge in [-0.05, 0) is 36.2 Å². The maximum absolute atomic E-state index is 11.5. The Balaban J connectivity index is 2.77. The number of benzene rings is 1. The van der Waals surface area contributed by atoms with E-state index in [1.54, 1.807) is 24.5 Å². The molecule has 0 aromatic rings. The standard InChI is InChI=1S/C11H10O2/c1-2-8-6-10(12)9-4-3-5-13-11(9)7-8/h3-7H,2H2,1H3. The highest BCUT2D eigenvalue weighted by Gasteiger charge is 2.07. The van der Waals surface area contributed by atoms with Gasteiger partial charge in [0.15, 0.2) is 5.43 Å². The summed E-state index contributed by atoms with van der Waals surface area (Å²) < 4.78 is 5.23. The molecule has 0 unspecified atom stereocenters. The van der Waals surface area contributed by atoms with Gasteiger partial charge in [0.05, 0.1) is 11.8 Å². The van der Waals surface area contributed by atoms with Crippen LogP contribution in [0, 0.1) is 0 Å². The summed E-state index contributed by atoms with van der Waals surface area (Å²) in [5, 5.41) is 0. The van der Waals surface area contributed by atoms with Gasteiger partial charge in [0.2, 0.25) is 0 Å². The highest BCUT2D eigenvalue weighted by Crippen LogP contribution is 2.18. The maximum Gasteiger partial charge on any atom is 0.189 e. The van der Waals surface area contributed by atoms with E-state index in [0.29, 0.717) is 11.3 Å². The summed E-state index contributed by atoms with van der Waals surface area (Å²) in [7, 11) is 0. The van der Waals surface area contributed by atoms with Crippen molar-refractivity contribution in [3.63, 3.8) is 0 Å². The summed E-state index contributed by atoms with van der Waals surface area (Å²) >= 11 is 0. The fourth-order valence-electron chi connectivity index (χ4n) is 1.37. The van der Waals surface area contributed by atoms with E-state index in [2.05, 4.69) is 0 Å². The second-order valence-electron chi connectivity index (χ2n) is 2.97. The number of hydrogen-bond donors (Lipinski definition) is 0. The Morgan fingerprint density at radius 1 is 1.38 bits per heavy atom. The first-order valence-corrected chi connectivity index (χ1v) is 4.31. The molecule has 0 saturated heterocycles. The minimum atomic E-state index is 0.0405. The molecule has 1 heterocycles. The first kappa shape index (κ1) is 8.05. The zero-order valence-corrected chi connectivity index (χ0v) is 7.41. The van der Waals surface area contributed by atoms with Crippen molar-refractivity contribution in [3.05, 3.63) is 46.3 Å². The fourth-order valence-corrected chi connectivity index (χ4v) is 1.37. The van der Waals surface area contributed by atoms with Crippen molar-refractivity contribution in [1.29, 1.82) is 0 Å². The number of aryl methyl sites for hydroxylation is 1. The lowest BCUT2D eigenvalue weighted by Gasteiger charge is -2.03. The Morgan fingerprint density at radius 3 is 3.00 bits per heavy atom. The van der Waals surface area contributed by atoms with Crippen molar-refractivity contribution in [2.75, 3.05) is 0 Å². The molecule has 1 aliphatic heterocycles. The van der Waals surface area contributed by atoms with Crippen molar-refractivity contribution in [2.24, 2.45) is 0 Å². The van der Waals surface area contributed by atoms with E-state index in [9.17, 15) is 4.79 Å². The predicted molar refractivity (Wildman–Crippen MR) is 51.0 cm³/mol. The van der Waals surface area contributed by atoms with E-state index in [1.165, 1.54) is 0 Å². The molecule has 0 spiro atoms. The molecule has 0 saturated carbocycles. The summed E-state index contributed by atoms with van der Waals surface area (Å²) in [5.41, 5.74) is 1.71. The molecule has 2 nitrogen and oxygen atoms in total. The summed E-state index contributed by atoms with van der Waals surface area (Å²) in [6.07, 6.45) is 2.44. The first-order chi connectivity index (χ1) is 6.31. The van der Waals surface area contributed by atoms with Gasteiger partial charge < -0.3 is 4.42 Å². The van der Waals surface area contributed by atoms with Gasteiger partial charge in [-0.1, -0.05) is 6.92 Å². The van der Waals surface area contributed by atoms with E-state index >= 15 is 0 Å². The van der Waals surface area contributed by atoms with Crippen LogP contribution in [0.25, 0.3) is 11.3 Å². The van der Waals surface area contributed by atoms with Crippen LogP contribution in [0.2, 0.25) is 0 Å². The molecule has 0 atom stereocenters.